The topological polar surface area (TPSA) is 128 Å². The number of aromatic nitrogens is 4. The number of nitrogens with zero attached hydrogens (tertiary/aromatic N) is 4. The second-order valence-electron chi connectivity index (χ2n) is 7.15. The fourth-order valence-electron chi connectivity index (χ4n) is 3.07. The Hall–Kier alpha value is -3.91. The number of nitrogens with one attached hydrogen (secondary N) is 2. The van der Waals surface area contributed by atoms with Crippen molar-refractivity contribution in [2.45, 2.75) is 19.9 Å². The molecule has 8 nitrogen and oxygen atoms in total. The molecule has 0 aliphatic carbocycles. The monoisotopic (exact) mass is 454 g/mol. The van der Waals surface area contributed by atoms with Crippen LogP contribution in [-0.4, -0.2) is 37.1 Å². The first-order valence-electron chi connectivity index (χ1n) is 9.48. The molecular formula is C21H16F2N6O2S. The molecule has 32 heavy (non-hydrogen) atoms. The Kier molecular flexibility index (Phi) is 5.54. The molecule has 0 aromatic carbocycles. The highest BCUT2D eigenvalue weighted by atomic mass is 32.1. The molecule has 0 radical (unpaired) electrons. The molecule has 0 bridgehead atoms. The number of carboxylic acid groups (broad SMARTS) is 1. The molecule has 0 aliphatic rings. The van der Waals surface area contributed by atoms with Crippen molar-refractivity contribution in [3.63, 3.8) is 0 Å². The lowest BCUT2D eigenvalue weighted by Gasteiger charge is -2.19. The van der Waals surface area contributed by atoms with Crippen molar-refractivity contribution in [3.8, 4) is 28.0 Å². The molecule has 0 saturated heterocycles. The highest BCUT2D eigenvalue weighted by molar-refractivity contribution is 7.15. The second kappa shape index (κ2) is 8.32. The minimum Gasteiger partial charge on any atom is -0.481 e. The zero-order valence-electron chi connectivity index (χ0n) is 16.8. The maximum Gasteiger partial charge on any atom is 0.308 e. The maximum atomic E-state index is 15.4. The van der Waals surface area contributed by atoms with E-state index in [4.69, 9.17) is 5.26 Å². The van der Waals surface area contributed by atoms with Gasteiger partial charge in [0.1, 0.15) is 28.1 Å². The van der Waals surface area contributed by atoms with Crippen LogP contribution in [0.1, 0.15) is 18.7 Å². The number of carboxylic acids is 1. The number of pyridine rings is 1. The Morgan fingerprint density at radius 3 is 2.78 bits per heavy atom. The number of fused-ring (bicyclic) bond motifs is 1. The number of anilines is 1. The van der Waals surface area contributed by atoms with Gasteiger partial charge in [-0.05, 0) is 32.0 Å². The van der Waals surface area contributed by atoms with E-state index >= 15 is 4.39 Å². The van der Waals surface area contributed by atoms with Crippen LogP contribution in [0.25, 0.3) is 33.0 Å². The summed E-state index contributed by atoms with van der Waals surface area (Å²) < 4.78 is 29.2. The van der Waals surface area contributed by atoms with Crippen LogP contribution in [0.15, 0.2) is 30.6 Å². The Labute approximate surface area is 184 Å². The predicted molar refractivity (Wildman–Crippen MR) is 115 cm³/mol. The quantitative estimate of drug-likeness (QED) is 0.393. The number of aliphatic carboxylic acids is 1. The lowest BCUT2D eigenvalue weighted by Crippen LogP contribution is -2.30. The average Bonchev–Trinajstić information content (AvgIpc) is 3.41. The summed E-state index contributed by atoms with van der Waals surface area (Å²) in [4.78, 5) is 27.6. The molecule has 162 valence electrons. The van der Waals surface area contributed by atoms with E-state index in [0.717, 1.165) is 17.5 Å². The Morgan fingerprint density at radius 2 is 2.09 bits per heavy atom. The number of aromatic amines is 1. The van der Waals surface area contributed by atoms with E-state index in [-0.39, 0.29) is 17.3 Å². The lowest BCUT2D eigenvalue weighted by atomic mass is 10.0. The highest BCUT2D eigenvalue weighted by Crippen LogP contribution is 2.34. The molecule has 4 aromatic rings. The molecule has 0 unspecified atom stereocenters. The number of hydrogen-bond donors (Lipinski definition) is 3. The molecule has 4 aromatic heterocycles. The summed E-state index contributed by atoms with van der Waals surface area (Å²) in [6.07, 6.45) is 2.60. The van der Waals surface area contributed by atoms with Crippen LogP contribution in [-0.2, 0) is 4.79 Å². The summed E-state index contributed by atoms with van der Waals surface area (Å²) in [5.41, 5.74) is 0.742. The summed E-state index contributed by atoms with van der Waals surface area (Å²) in [6, 6.07) is 5.73. The molecule has 4 rings (SSSR count). The predicted octanol–water partition coefficient (Wildman–Crippen LogP) is 4.42. The minimum absolute atomic E-state index is 0.0575. The molecule has 0 saturated carbocycles. The van der Waals surface area contributed by atoms with E-state index in [9.17, 15) is 14.3 Å². The van der Waals surface area contributed by atoms with Crippen molar-refractivity contribution < 1.29 is 18.7 Å². The standard InChI is InChI=1S/C21H16F2N6O2S/c1-9(21(30)31)10(2)27-20-16(23)17(15-4-3-12(6-24)32-15)28-19(29-20)14-8-26-18-13(14)5-11(22)7-25-18/h3-5,7-10H,1-2H3,(H,25,26)(H,30,31)(H,27,28,29)/t9-,10-/m0/s1. The van der Waals surface area contributed by atoms with Gasteiger partial charge in [-0.1, -0.05) is 0 Å². The Morgan fingerprint density at radius 1 is 1.31 bits per heavy atom. The highest BCUT2D eigenvalue weighted by Gasteiger charge is 2.25. The van der Waals surface area contributed by atoms with Crippen molar-refractivity contribution >= 4 is 34.2 Å². The maximum absolute atomic E-state index is 15.4. The molecular weight excluding hydrogens is 438 g/mol. The first-order chi connectivity index (χ1) is 15.3. The van der Waals surface area contributed by atoms with Gasteiger partial charge in [0, 0.05) is 23.2 Å². The summed E-state index contributed by atoms with van der Waals surface area (Å²) in [5, 5.41) is 21.6. The zero-order chi connectivity index (χ0) is 23.0. The van der Waals surface area contributed by atoms with Crippen molar-refractivity contribution in [1.29, 1.82) is 5.26 Å². The first kappa shape index (κ1) is 21.3. The van der Waals surface area contributed by atoms with Crippen LogP contribution in [0.5, 0.6) is 0 Å². The average molecular weight is 454 g/mol. The van der Waals surface area contributed by atoms with Gasteiger partial charge in [-0.25, -0.2) is 23.7 Å². The van der Waals surface area contributed by atoms with Crippen LogP contribution in [0.4, 0.5) is 14.6 Å². The zero-order valence-corrected chi connectivity index (χ0v) is 17.7. The van der Waals surface area contributed by atoms with Crippen molar-refractivity contribution in [2.75, 3.05) is 5.32 Å². The normalized spacial score (nSPS) is 13.0. The molecule has 0 aliphatic heterocycles. The van der Waals surface area contributed by atoms with Gasteiger partial charge in [0.25, 0.3) is 0 Å². The van der Waals surface area contributed by atoms with Crippen LogP contribution >= 0.6 is 11.3 Å². The Bertz CT molecular complexity index is 1380. The number of halogens is 2. The van der Waals surface area contributed by atoms with Gasteiger partial charge in [-0.2, -0.15) is 5.26 Å². The van der Waals surface area contributed by atoms with E-state index in [2.05, 4.69) is 25.3 Å². The fraction of sp³-hybridized carbons (Fsp3) is 0.190. The van der Waals surface area contributed by atoms with Crippen molar-refractivity contribution in [1.82, 2.24) is 19.9 Å². The van der Waals surface area contributed by atoms with Crippen LogP contribution in [0.3, 0.4) is 0 Å². The van der Waals surface area contributed by atoms with Crippen LogP contribution in [0, 0.1) is 28.9 Å². The summed E-state index contributed by atoms with van der Waals surface area (Å²) in [6.45, 7) is 3.09. The molecule has 11 heteroatoms. The van der Waals surface area contributed by atoms with Gasteiger partial charge in [-0.15, -0.1) is 11.3 Å². The van der Waals surface area contributed by atoms with Crippen LogP contribution in [0.2, 0.25) is 0 Å². The van der Waals surface area contributed by atoms with Gasteiger partial charge < -0.3 is 15.4 Å². The molecule has 0 amide bonds. The molecule has 2 atom stereocenters. The van der Waals surface area contributed by atoms with E-state index < -0.39 is 29.6 Å². The lowest BCUT2D eigenvalue weighted by molar-refractivity contribution is -0.141. The first-order valence-corrected chi connectivity index (χ1v) is 10.3. The van der Waals surface area contributed by atoms with E-state index in [1.165, 1.54) is 19.2 Å². The number of hydrogen-bond acceptors (Lipinski definition) is 7. The SMILES string of the molecule is C[C@H](Nc1nc(-c2c[nH]c3ncc(F)cc23)nc(-c2ccc(C#N)s2)c1F)[C@H](C)C(=O)O. The summed E-state index contributed by atoms with van der Waals surface area (Å²) in [5.74, 6) is -3.32. The summed E-state index contributed by atoms with van der Waals surface area (Å²) in [7, 11) is 0. The van der Waals surface area contributed by atoms with Gasteiger partial charge in [0.2, 0.25) is 0 Å². The minimum atomic E-state index is -1.05. The number of nitriles is 1. The third-order valence-corrected chi connectivity index (χ3v) is 6.04. The Balaban J connectivity index is 1.89. The van der Waals surface area contributed by atoms with Crippen LogP contribution < -0.4 is 5.32 Å². The van der Waals surface area contributed by atoms with Gasteiger partial charge >= 0.3 is 5.97 Å². The number of H-pyrrole nitrogens is 1. The number of thiophene rings is 1. The third-order valence-electron chi connectivity index (χ3n) is 5.04. The van der Waals surface area contributed by atoms with Gasteiger partial charge in [0.05, 0.1) is 17.0 Å². The van der Waals surface area contributed by atoms with Crippen molar-refractivity contribution in [2.24, 2.45) is 5.92 Å². The molecule has 0 fully saturated rings. The van der Waals surface area contributed by atoms with E-state index in [1.54, 1.807) is 19.1 Å². The molecule has 0 spiro atoms. The third kappa shape index (κ3) is 3.88. The molecule has 3 N–H and O–H groups in total. The van der Waals surface area contributed by atoms with Crippen molar-refractivity contribution in [3.05, 3.63) is 47.1 Å². The van der Waals surface area contributed by atoms with E-state index in [0.29, 0.717) is 26.4 Å². The molecule has 4 heterocycles. The van der Waals surface area contributed by atoms with E-state index in [1.807, 2.05) is 6.07 Å². The second-order valence-corrected chi connectivity index (χ2v) is 8.23. The smallest absolute Gasteiger partial charge is 0.308 e. The number of carbonyl (C=O) groups is 1. The fourth-order valence-corrected chi connectivity index (χ4v) is 3.86. The summed E-state index contributed by atoms with van der Waals surface area (Å²) >= 11 is 1.06. The van der Waals surface area contributed by atoms with Gasteiger partial charge in [0.15, 0.2) is 17.5 Å². The van der Waals surface area contributed by atoms with Gasteiger partial charge in [-0.3, -0.25) is 4.79 Å². The largest absolute Gasteiger partial charge is 0.481 e. The number of rotatable bonds is 6.